The first-order chi connectivity index (χ1) is 15.9. The number of nitrogens with zero attached hydrogens (tertiary/aromatic N) is 1. The van der Waals surface area contributed by atoms with Crippen molar-refractivity contribution in [3.05, 3.63) is 86.6 Å². The lowest BCUT2D eigenvalue weighted by Gasteiger charge is -2.33. The molecule has 2 aromatic rings. The van der Waals surface area contributed by atoms with Crippen molar-refractivity contribution >= 4 is 29.1 Å². The SMILES string of the molecule is Cc1ccccc1C1C(C#N)=C(SCC(=O)Nc2c(C)cccc2C)NC2=C1C(=O)CCC2. The molecule has 0 saturated carbocycles. The Morgan fingerprint density at radius 1 is 1.09 bits per heavy atom. The summed E-state index contributed by atoms with van der Waals surface area (Å²) in [6.07, 6.45) is 2.06. The van der Waals surface area contributed by atoms with E-state index in [4.69, 9.17) is 0 Å². The number of thioether (sulfide) groups is 1. The largest absolute Gasteiger partial charge is 0.352 e. The predicted octanol–water partition coefficient (Wildman–Crippen LogP) is 5.41. The van der Waals surface area contributed by atoms with Gasteiger partial charge in [0, 0.05) is 23.4 Å². The van der Waals surface area contributed by atoms with Gasteiger partial charge in [0.05, 0.1) is 28.3 Å². The number of aryl methyl sites for hydroxylation is 3. The standard InChI is InChI=1S/C27H27N3O2S/c1-16-8-4-5-11-19(16)24-20(14-28)27(29-21-12-7-13-22(31)25(21)24)33-15-23(32)30-26-17(2)9-6-10-18(26)3/h4-6,8-11,24,29H,7,12-13,15H2,1-3H3,(H,30,32). The zero-order valence-electron chi connectivity index (χ0n) is 19.1. The highest BCUT2D eigenvalue weighted by Gasteiger charge is 2.37. The minimum atomic E-state index is -0.399. The summed E-state index contributed by atoms with van der Waals surface area (Å²) in [5.41, 5.74) is 6.95. The van der Waals surface area contributed by atoms with E-state index in [1.165, 1.54) is 11.8 Å². The van der Waals surface area contributed by atoms with Crippen molar-refractivity contribution in [2.75, 3.05) is 11.1 Å². The maximum atomic E-state index is 12.9. The first-order valence-electron chi connectivity index (χ1n) is 11.1. The number of nitrogens with one attached hydrogen (secondary N) is 2. The van der Waals surface area contributed by atoms with Crippen molar-refractivity contribution in [2.45, 2.75) is 46.0 Å². The number of anilines is 1. The minimum Gasteiger partial charge on any atom is -0.352 e. The predicted molar refractivity (Wildman–Crippen MR) is 133 cm³/mol. The number of benzene rings is 2. The molecule has 5 nitrogen and oxygen atoms in total. The van der Waals surface area contributed by atoms with E-state index >= 15 is 0 Å². The lowest BCUT2D eigenvalue weighted by Crippen LogP contribution is -2.32. The highest BCUT2D eigenvalue weighted by molar-refractivity contribution is 8.03. The minimum absolute atomic E-state index is 0.0987. The molecule has 0 radical (unpaired) electrons. The fraction of sp³-hybridized carbons (Fsp3) is 0.296. The number of allylic oxidation sites excluding steroid dienone is 3. The van der Waals surface area contributed by atoms with E-state index in [1.807, 2.05) is 63.2 Å². The van der Waals surface area contributed by atoms with Crippen molar-refractivity contribution in [1.29, 1.82) is 5.26 Å². The third-order valence-electron chi connectivity index (χ3n) is 6.26. The van der Waals surface area contributed by atoms with Crippen LogP contribution in [0, 0.1) is 32.1 Å². The molecule has 6 heteroatoms. The molecule has 33 heavy (non-hydrogen) atoms. The van der Waals surface area contributed by atoms with Crippen LogP contribution in [0.4, 0.5) is 5.69 Å². The van der Waals surface area contributed by atoms with Gasteiger partial charge >= 0.3 is 0 Å². The third kappa shape index (κ3) is 4.60. The number of carbonyl (C=O) groups is 2. The molecule has 1 amide bonds. The number of para-hydroxylation sites is 1. The molecule has 168 valence electrons. The molecule has 2 aromatic carbocycles. The summed E-state index contributed by atoms with van der Waals surface area (Å²) in [5, 5.41) is 17.2. The van der Waals surface area contributed by atoms with Gasteiger partial charge in [-0.15, -0.1) is 0 Å². The van der Waals surface area contributed by atoms with Gasteiger partial charge in [0.15, 0.2) is 5.78 Å². The second-order valence-corrected chi connectivity index (χ2v) is 9.53. The van der Waals surface area contributed by atoms with E-state index in [1.54, 1.807) is 0 Å². The maximum absolute atomic E-state index is 12.9. The van der Waals surface area contributed by atoms with Crippen LogP contribution in [0.1, 0.15) is 47.4 Å². The first kappa shape index (κ1) is 22.9. The monoisotopic (exact) mass is 457 g/mol. The molecule has 1 heterocycles. The zero-order valence-corrected chi connectivity index (χ0v) is 19.9. The van der Waals surface area contributed by atoms with Gasteiger partial charge in [-0.1, -0.05) is 54.2 Å². The van der Waals surface area contributed by atoms with Crippen LogP contribution in [0.25, 0.3) is 0 Å². The normalized spacial score (nSPS) is 17.9. The zero-order chi connectivity index (χ0) is 23.5. The van der Waals surface area contributed by atoms with Crippen molar-refractivity contribution in [3.8, 4) is 6.07 Å². The van der Waals surface area contributed by atoms with E-state index in [-0.39, 0.29) is 17.4 Å². The number of amides is 1. The molecule has 2 aliphatic rings. The molecule has 0 fully saturated rings. The Labute approximate surface area is 199 Å². The molecule has 0 spiro atoms. The van der Waals surface area contributed by atoms with Crippen LogP contribution < -0.4 is 10.6 Å². The van der Waals surface area contributed by atoms with Crippen molar-refractivity contribution in [1.82, 2.24) is 5.32 Å². The average molecular weight is 458 g/mol. The summed E-state index contributed by atoms with van der Waals surface area (Å²) in [6, 6.07) is 16.2. The maximum Gasteiger partial charge on any atom is 0.234 e. The van der Waals surface area contributed by atoms with Crippen LogP contribution in [-0.2, 0) is 9.59 Å². The number of rotatable bonds is 5. The van der Waals surface area contributed by atoms with Crippen LogP contribution in [0.15, 0.2) is 64.3 Å². The molecule has 4 rings (SSSR count). The van der Waals surface area contributed by atoms with Crippen LogP contribution in [-0.4, -0.2) is 17.4 Å². The lowest BCUT2D eigenvalue weighted by atomic mass is 9.76. The van der Waals surface area contributed by atoms with E-state index in [0.29, 0.717) is 22.6 Å². The molecule has 2 N–H and O–H groups in total. The van der Waals surface area contributed by atoms with Gasteiger partial charge < -0.3 is 10.6 Å². The molecule has 1 unspecified atom stereocenters. The van der Waals surface area contributed by atoms with Gasteiger partial charge in [-0.2, -0.15) is 5.26 Å². The van der Waals surface area contributed by atoms with Crippen LogP contribution in [0.5, 0.6) is 0 Å². The molecule has 0 aromatic heterocycles. The number of hydrogen-bond acceptors (Lipinski definition) is 5. The van der Waals surface area contributed by atoms with E-state index < -0.39 is 5.92 Å². The van der Waals surface area contributed by atoms with E-state index in [9.17, 15) is 14.9 Å². The van der Waals surface area contributed by atoms with Crippen molar-refractivity contribution in [2.24, 2.45) is 0 Å². The Morgan fingerprint density at radius 2 is 1.79 bits per heavy atom. The highest BCUT2D eigenvalue weighted by Crippen LogP contribution is 2.44. The van der Waals surface area contributed by atoms with Crippen LogP contribution in [0.3, 0.4) is 0 Å². The second kappa shape index (κ2) is 9.68. The van der Waals surface area contributed by atoms with Gasteiger partial charge in [-0.05, 0) is 55.9 Å². The Kier molecular flexibility index (Phi) is 6.71. The summed E-state index contributed by atoms with van der Waals surface area (Å²) >= 11 is 1.32. The Balaban J connectivity index is 1.64. The Morgan fingerprint density at radius 3 is 2.48 bits per heavy atom. The summed E-state index contributed by atoms with van der Waals surface area (Å²) < 4.78 is 0. The Bertz CT molecular complexity index is 1220. The Hall–Kier alpha value is -3.30. The van der Waals surface area contributed by atoms with Crippen molar-refractivity contribution in [3.63, 3.8) is 0 Å². The van der Waals surface area contributed by atoms with E-state index in [0.717, 1.165) is 46.5 Å². The number of dihydropyridines is 1. The number of nitriles is 1. The summed E-state index contributed by atoms with van der Waals surface area (Å²) in [4.78, 5) is 25.7. The number of Topliss-reactive ketones (excluding diaryl/α,β-unsaturated/α-hetero) is 1. The molecule has 0 saturated heterocycles. The quantitative estimate of drug-likeness (QED) is 0.627. The first-order valence-corrected chi connectivity index (χ1v) is 12.1. The molecule has 0 bridgehead atoms. The smallest absolute Gasteiger partial charge is 0.234 e. The van der Waals surface area contributed by atoms with Gasteiger partial charge in [0.1, 0.15) is 0 Å². The fourth-order valence-electron chi connectivity index (χ4n) is 4.58. The molecule has 1 atom stereocenters. The number of hydrogen-bond donors (Lipinski definition) is 2. The summed E-state index contributed by atoms with van der Waals surface area (Å²) in [6.45, 7) is 5.94. The summed E-state index contributed by atoms with van der Waals surface area (Å²) in [7, 11) is 0. The summed E-state index contributed by atoms with van der Waals surface area (Å²) in [5.74, 6) is -0.264. The van der Waals surface area contributed by atoms with E-state index in [2.05, 4.69) is 16.7 Å². The van der Waals surface area contributed by atoms with Gasteiger partial charge in [-0.25, -0.2) is 0 Å². The topological polar surface area (TPSA) is 82.0 Å². The number of carbonyl (C=O) groups excluding carboxylic acids is 2. The average Bonchev–Trinajstić information content (AvgIpc) is 2.80. The van der Waals surface area contributed by atoms with Crippen LogP contribution in [0.2, 0.25) is 0 Å². The molecule has 1 aliphatic carbocycles. The van der Waals surface area contributed by atoms with Gasteiger partial charge in [-0.3, -0.25) is 9.59 Å². The van der Waals surface area contributed by atoms with Gasteiger partial charge in [0.25, 0.3) is 0 Å². The molecule has 1 aliphatic heterocycles. The lowest BCUT2D eigenvalue weighted by molar-refractivity contribution is -0.116. The molecular formula is C27H27N3O2S. The highest BCUT2D eigenvalue weighted by atomic mass is 32.2. The number of ketones is 1. The second-order valence-electron chi connectivity index (χ2n) is 8.54. The third-order valence-corrected chi connectivity index (χ3v) is 7.27. The van der Waals surface area contributed by atoms with Crippen molar-refractivity contribution < 1.29 is 9.59 Å². The van der Waals surface area contributed by atoms with Crippen LogP contribution >= 0.6 is 11.8 Å². The molecular weight excluding hydrogens is 430 g/mol. The van der Waals surface area contributed by atoms with Gasteiger partial charge in [0.2, 0.25) is 5.91 Å². The fourth-order valence-corrected chi connectivity index (χ4v) is 5.45.